The van der Waals surface area contributed by atoms with Gasteiger partial charge in [0, 0.05) is 5.56 Å². The molecule has 2 aromatic heterocycles. The second kappa shape index (κ2) is 4.31. The van der Waals surface area contributed by atoms with Crippen LogP contribution < -0.4 is 11.3 Å². The minimum Gasteiger partial charge on any atom is -0.308 e. The second-order valence-corrected chi connectivity index (χ2v) is 4.09. The van der Waals surface area contributed by atoms with Gasteiger partial charge in [0.25, 0.3) is 0 Å². The van der Waals surface area contributed by atoms with Crippen LogP contribution in [-0.4, -0.2) is 19.7 Å². The summed E-state index contributed by atoms with van der Waals surface area (Å²) in [6, 6.07) is 0. The molecule has 0 spiro atoms. The Labute approximate surface area is 104 Å². The fourth-order valence-electron chi connectivity index (χ4n) is 1.63. The van der Waals surface area contributed by atoms with Gasteiger partial charge in [-0.2, -0.15) is 5.10 Å². The Bertz CT molecular complexity index is 562. The van der Waals surface area contributed by atoms with Crippen LogP contribution in [0, 0.1) is 20.8 Å². The van der Waals surface area contributed by atoms with E-state index in [2.05, 4.69) is 20.5 Å². The van der Waals surface area contributed by atoms with E-state index in [1.54, 1.807) is 4.68 Å². The third-order valence-electron chi connectivity index (χ3n) is 2.60. The number of nitrogens with zero attached hydrogens (tertiary/aromatic N) is 4. The van der Waals surface area contributed by atoms with Gasteiger partial charge in [-0.05, 0) is 20.8 Å². The molecule has 0 unspecified atom stereocenters. The Morgan fingerprint density at radius 3 is 2.53 bits per heavy atom. The summed E-state index contributed by atoms with van der Waals surface area (Å²) in [5.74, 6) is 6.61. The molecule has 0 aliphatic heterocycles. The maximum absolute atomic E-state index is 6.11. The summed E-state index contributed by atoms with van der Waals surface area (Å²) in [7, 11) is 0. The van der Waals surface area contributed by atoms with Crippen LogP contribution in [0.5, 0.6) is 0 Å². The van der Waals surface area contributed by atoms with Gasteiger partial charge in [0.1, 0.15) is 12.1 Å². The first-order valence-corrected chi connectivity index (χ1v) is 5.44. The first-order chi connectivity index (χ1) is 8.06. The number of aromatic nitrogens is 4. The third kappa shape index (κ3) is 1.85. The predicted octanol–water partition coefficient (Wildman–Crippen LogP) is 1.53. The average Bonchev–Trinajstić information content (AvgIpc) is 2.57. The molecule has 17 heavy (non-hydrogen) atoms. The zero-order valence-electron chi connectivity index (χ0n) is 9.82. The number of nitrogen functional groups attached to an aromatic ring is 1. The van der Waals surface area contributed by atoms with E-state index >= 15 is 0 Å². The van der Waals surface area contributed by atoms with E-state index in [0.29, 0.717) is 16.7 Å². The van der Waals surface area contributed by atoms with Gasteiger partial charge < -0.3 is 5.43 Å². The SMILES string of the molecule is Cc1nn(-c2ncnc(NN)c2C)c(C)c1Cl. The molecule has 0 aliphatic carbocycles. The van der Waals surface area contributed by atoms with Crippen molar-refractivity contribution in [1.82, 2.24) is 19.7 Å². The second-order valence-electron chi connectivity index (χ2n) is 3.71. The smallest absolute Gasteiger partial charge is 0.162 e. The standard InChI is InChI=1S/C10H13ClN6/c1-5-9(15-12)13-4-14-10(5)17-7(3)8(11)6(2)16-17/h4H,12H2,1-3H3,(H,13,14,15). The Kier molecular flexibility index (Phi) is 2.99. The molecule has 0 atom stereocenters. The van der Waals surface area contributed by atoms with Crippen molar-refractivity contribution in [3.8, 4) is 5.82 Å². The largest absolute Gasteiger partial charge is 0.308 e. The van der Waals surface area contributed by atoms with Crippen LogP contribution in [0.3, 0.4) is 0 Å². The monoisotopic (exact) mass is 252 g/mol. The van der Waals surface area contributed by atoms with Crippen LogP contribution in [0.2, 0.25) is 5.02 Å². The molecule has 0 aromatic carbocycles. The van der Waals surface area contributed by atoms with E-state index in [4.69, 9.17) is 17.4 Å². The minimum absolute atomic E-state index is 0.568. The number of hydrogen-bond acceptors (Lipinski definition) is 5. The molecule has 0 amide bonds. The molecular weight excluding hydrogens is 240 g/mol. The van der Waals surface area contributed by atoms with E-state index in [1.807, 2.05) is 20.8 Å². The number of nitrogens with two attached hydrogens (primary N) is 1. The minimum atomic E-state index is 0.568. The van der Waals surface area contributed by atoms with Gasteiger partial charge in [0.2, 0.25) is 0 Å². The molecule has 2 heterocycles. The molecule has 2 aromatic rings. The van der Waals surface area contributed by atoms with Gasteiger partial charge in [-0.25, -0.2) is 20.5 Å². The van der Waals surface area contributed by atoms with Crippen molar-refractivity contribution in [1.29, 1.82) is 0 Å². The molecular formula is C10H13ClN6. The highest BCUT2D eigenvalue weighted by Gasteiger charge is 2.15. The van der Waals surface area contributed by atoms with Crippen molar-refractivity contribution in [2.75, 3.05) is 5.43 Å². The van der Waals surface area contributed by atoms with Gasteiger partial charge in [0.05, 0.1) is 16.4 Å². The lowest BCUT2D eigenvalue weighted by molar-refractivity contribution is 0.793. The highest BCUT2D eigenvalue weighted by Crippen LogP contribution is 2.24. The summed E-state index contributed by atoms with van der Waals surface area (Å²) in [4.78, 5) is 8.23. The lowest BCUT2D eigenvalue weighted by Gasteiger charge is -2.09. The molecule has 6 nitrogen and oxygen atoms in total. The van der Waals surface area contributed by atoms with Crippen LogP contribution in [0.4, 0.5) is 5.82 Å². The zero-order valence-corrected chi connectivity index (χ0v) is 10.6. The number of nitrogens with one attached hydrogen (secondary N) is 1. The van der Waals surface area contributed by atoms with Gasteiger partial charge in [-0.1, -0.05) is 11.6 Å². The summed E-state index contributed by atoms with van der Waals surface area (Å²) in [5.41, 5.74) is 4.95. The molecule has 0 radical (unpaired) electrons. The molecule has 0 aliphatic rings. The van der Waals surface area contributed by atoms with Gasteiger partial charge >= 0.3 is 0 Å². The maximum atomic E-state index is 6.11. The molecule has 0 bridgehead atoms. The topological polar surface area (TPSA) is 81.7 Å². The molecule has 3 N–H and O–H groups in total. The number of hydrazine groups is 1. The van der Waals surface area contributed by atoms with E-state index in [-0.39, 0.29) is 0 Å². The summed E-state index contributed by atoms with van der Waals surface area (Å²) in [5, 5.41) is 4.99. The highest BCUT2D eigenvalue weighted by molar-refractivity contribution is 6.31. The summed E-state index contributed by atoms with van der Waals surface area (Å²) in [6.07, 6.45) is 1.43. The van der Waals surface area contributed by atoms with E-state index < -0.39 is 0 Å². The molecule has 7 heteroatoms. The number of rotatable bonds is 2. The average molecular weight is 253 g/mol. The van der Waals surface area contributed by atoms with Gasteiger partial charge in [0.15, 0.2) is 5.82 Å². The third-order valence-corrected chi connectivity index (χ3v) is 3.14. The summed E-state index contributed by atoms with van der Waals surface area (Å²) < 4.78 is 1.69. The normalized spacial score (nSPS) is 10.6. The highest BCUT2D eigenvalue weighted by atomic mass is 35.5. The van der Waals surface area contributed by atoms with Crippen LogP contribution in [0.1, 0.15) is 17.0 Å². The predicted molar refractivity (Wildman–Crippen MR) is 66.2 cm³/mol. The lowest BCUT2D eigenvalue weighted by atomic mass is 10.3. The number of halogens is 1. The van der Waals surface area contributed by atoms with E-state index in [0.717, 1.165) is 17.0 Å². The zero-order chi connectivity index (χ0) is 12.6. The number of aryl methyl sites for hydroxylation is 1. The molecule has 0 saturated heterocycles. The summed E-state index contributed by atoms with van der Waals surface area (Å²) >= 11 is 6.11. The van der Waals surface area contributed by atoms with Crippen LogP contribution in [0.25, 0.3) is 5.82 Å². The van der Waals surface area contributed by atoms with Gasteiger partial charge in [-0.15, -0.1) is 0 Å². The summed E-state index contributed by atoms with van der Waals surface area (Å²) in [6.45, 7) is 5.61. The van der Waals surface area contributed by atoms with Crippen molar-refractivity contribution in [3.05, 3.63) is 28.3 Å². The fourth-order valence-corrected chi connectivity index (χ4v) is 1.75. The first kappa shape index (κ1) is 11.8. The first-order valence-electron chi connectivity index (χ1n) is 5.06. The van der Waals surface area contributed by atoms with E-state index in [1.165, 1.54) is 6.33 Å². The van der Waals surface area contributed by atoms with Crippen molar-refractivity contribution in [2.45, 2.75) is 20.8 Å². The van der Waals surface area contributed by atoms with Crippen LogP contribution in [-0.2, 0) is 0 Å². The molecule has 90 valence electrons. The number of hydrogen-bond donors (Lipinski definition) is 2. The Balaban J connectivity index is 2.64. The lowest BCUT2D eigenvalue weighted by Crippen LogP contribution is -2.13. The van der Waals surface area contributed by atoms with Crippen molar-refractivity contribution in [3.63, 3.8) is 0 Å². The van der Waals surface area contributed by atoms with E-state index in [9.17, 15) is 0 Å². The molecule has 2 rings (SSSR count). The maximum Gasteiger partial charge on any atom is 0.162 e. The Morgan fingerprint density at radius 1 is 1.29 bits per heavy atom. The Hall–Kier alpha value is -1.66. The van der Waals surface area contributed by atoms with Crippen molar-refractivity contribution in [2.24, 2.45) is 5.84 Å². The fraction of sp³-hybridized carbons (Fsp3) is 0.300. The number of anilines is 1. The van der Waals surface area contributed by atoms with Crippen molar-refractivity contribution < 1.29 is 0 Å². The van der Waals surface area contributed by atoms with Crippen LogP contribution in [0.15, 0.2) is 6.33 Å². The van der Waals surface area contributed by atoms with Gasteiger partial charge in [-0.3, -0.25) is 0 Å². The quantitative estimate of drug-likeness (QED) is 0.626. The Morgan fingerprint density at radius 2 is 2.00 bits per heavy atom. The van der Waals surface area contributed by atoms with Crippen LogP contribution >= 0.6 is 11.6 Å². The molecule has 0 fully saturated rings. The molecule has 0 saturated carbocycles. The van der Waals surface area contributed by atoms with Crippen molar-refractivity contribution >= 4 is 17.4 Å².